The molecule has 0 amide bonds. The summed E-state index contributed by atoms with van der Waals surface area (Å²) >= 11 is 5.22. The number of aromatic nitrogens is 3. The SMILES string of the molecule is CC(C)NCc1ccc(Sc2ncnn2C)c(Br)c1. The van der Waals surface area contributed by atoms with Crippen molar-refractivity contribution in [2.75, 3.05) is 0 Å². The molecule has 0 radical (unpaired) electrons. The second kappa shape index (κ2) is 6.54. The van der Waals surface area contributed by atoms with E-state index in [4.69, 9.17) is 0 Å². The van der Waals surface area contributed by atoms with E-state index in [0.29, 0.717) is 6.04 Å². The summed E-state index contributed by atoms with van der Waals surface area (Å²) in [7, 11) is 1.89. The Bertz CT molecular complexity index is 553. The molecule has 19 heavy (non-hydrogen) atoms. The Morgan fingerprint density at radius 3 is 2.79 bits per heavy atom. The number of halogens is 1. The highest BCUT2D eigenvalue weighted by molar-refractivity contribution is 9.10. The van der Waals surface area contributed by atoms with Crippen LogP contribution in [0.2, 0.25) is 0 Å². The Hall–Kier alpha value is -0.850. The summed E-state index contributed by atoms with van der Waals surface area (Å²) in [6, 6.07) is 6.89. The van der Waals surface area contributed by atoms with E-state index in [-0.39, 0.29) is 0 Å². The van der Waals surface area contributed by atoms with Gasteiger partial charge in [0, 0.05) is 29.0 Å². The molecule has 102 valence electrons. The second-order valence-electron chi connectivity index (χ2n) is 4.57. The highest BCUT2D eigenvalue weighted by atomic mass is 79.9. The quantitative estimate of drug-likeness (QED) is 0.907. The number of aryl methyl sites for hydroxylation is 1. The number of nitrogens with one attached hydrogen (secondary N) is 1. The van der Waals surface area contributed by atoms with Crippen molar-refractivity contribution in [2.24, 2.45) is 7.05 Å². The van der Waals surface area contributed by atoms with E-state index >= 15 is 0 Å². The third-order valence-corrected chi connectivity index (χ3v) is 4.63. The Labute approximate surface area is 126 Å². The van der Waals surface area contributed by atoms with Gasteiger partial charge in [-0.25, -0.2) is 9.67 Å². The number of rotatable bonds is 5. The predicted octanol–water partition coefficient (Wildman–Crippen LogP) is 3.23. The van der Waals surface area contributed by atoms with Gasteiger partial charge in [0.1, 0.15) is 6.33 Å². The van der Waals surface area contributed by atoms with Crippen LogP contribution >= 0.6 is 27.7 Å². The molecule has 0 unspecified atom stereocenters. The zero-order valence-corrected chi connectivity index (χ0v) is 13.6. The van der Waals surface area contributed by atoms with Crippen LogP contribution < -0.4 is 5.32 Å². The maximum Gasteiger partial charge on any atom is 0.190 e. The number of hydrogen-bond acceptors (Lipinski definition) is 4. The van der Waals surface area contributed by atoms with Crippen LogP contribution in [0, 0.1) is 0 Å². The normalized spacial score (nSPS) is 11.2. The van der Waals surface area contributed by atoms with Crippen LogP contribution in [0.4, 0.5) is 0 Å². The van der Waals surface area contributed by atoms with E-state index in [0.717, 1.165) is 21.1 Å². The molecule has 0 saturated heterocycles. The van der Waals surface area contributed by atoms with Gasteiger partial charge < -0.3 is 5.32 Å². The number of nitrogens with zero attached hydrogens (tertiary/aromatic N) is 3. The average Bonchev–Trinajstić information content (AvgIpc) is 2.75. The monoisotopic (exact) mass is 340 g/mol. The first-order chi connectivity index (χ1) is 9.06. The van der Waals surface area contributed by atoms with E-state index in [9.17, 15) is 0 Å². The zero-order valence-electron chi connectivity index (χ0n) is 11.2. The fourth-order valence-electron chi connectivity index (χ4n) is 1.54. The molecule has 1 aromatic carbocycles. The molecule has 1 N–H and O–H groups in total. The lowest BCUT2D eigenvalue weighted by Gasteiger charge is -2.10. The molecule has 4 nitrogen and oxygen atoms in total. The van der Waals surface area contributed by atoms with Crippen LogP contribution in [-0.4, -0.2) is 20.8 Å². The van der Waals surface area contributed by atoms with Gasteiger partial charge in [0.2, 0.25) is 0 Å². The standard InChI is InChI=1S/C13H17BrN4S/c1-9(2)15-7-10-4-5-12(11(14)6-10)19-13-16-8-17-18(13)3/h4-6,8-9,15H,7H2,1-3H3. The van der Waals surface area contributed by atoms with Crippen molar-refractivity contribution in [3.63, 3.8) is 0 Å². The van der Waals surface area contributed by atoms with E-state index in [1.165, 1.54) is 5.56 Å². The molecule has 2 aromatic rings. The lowest BCUT2D eigenvalue weighted by atomic mass is 10.2. The molecule has 6 heteroatoms. The van der Waals surface area contributed by atoms with Crippen molar-refractivity contribution in [2.45, 2.75) is 36.5 Å². The topological polar surface area (TPSA) is 42.7 Å². The Morgan fingerprint density at radius 2 is 2.21 bits per heavy atom. The molecule has 0 fully saturated rings. The molecule has 0 aliphatic heterocycles. The van der Waals surface area contributed by atoms with Crippen LogP contribution in [-0.2, 0) is 13.6 Å². The molecule has 0 aliphatic carbocycles. The molecule has 1 heterocycles. The molecular weight excluding hydrogens is 324 g/mol. The Kier molecular flexibility index (Phi) is 5.01. The summed E-state index contributed by atoms with van der Waals surface area (Å²) in [5.41, 5.74) is 1.27. The molecule has 0 spiro atoms. The van der Waals surface area contributed by atoms with Gasteiger partial charge in [0.05, 0.1) is 0 Å². The molecule has 0 bridgehead atoms. The maximum absolute atomic E-state index is 4.22. The van der Waals surface area contributed by atoms with Crippen molar-refractivity contribution in [1.82, 2.24) is 20.1 Å². The number of hydrogen-bond donors (Lipinski definition) is 1. The smallest absolute Gasteiger partial charge is 0.190 e. The van der Waals surface area contributed by atoms with Gasteiger partial charge in [-0.1, -0.05) is 19.9 Å². The van der Waals surface area contributed by atoms with Crippen molar-refractivity contribution >= 4 is 27.7 Å². The van der Waals surface area contributed by atoms with Crippen LogP contribution in [0.25, 0.3) is 0 Å². The largest absolute Gasteiger partial charge is 0.310 e. The van der Waals surface area contributed by atoms with Gasteiger partial charge in [0.15, 0.2) is 5.16 Å². The van der Waals surface area contributed by atoms with Crippen molar-refractivity contribution in [1.29, 1.82) is 0 Å². The zero-order chi connectivity index (χ0) is 13.8. The molecule has 1 aromatic heterocycles. The van der Waals surface area contributed by atoms with Gasteiger partial charge in [-0.2, -0.15) is 5.10 Å². The van der Waals surface area contributed by atoms with Gasteiger partial charge >= 0.3 is 0 Å². The van der Waals surface area contributed by atoms with Crippen molar-refractivity contribution in [3.8, 4) is 0 Å². The molecule has 0 saturated carbocycles. The van der Waals surface area contributed by atoms with Gasteiger partial charge in [-0.05, 0) is 45.4 Å². The number of benzene rings is 1. The Morgan fingerprint density at radius 1 is 1.42 bits per heavy atom. The average molecular weight is 341 g/mol. The van der Waals surface area contributed by atoms with Crippen LogP contribution in [0.5, 0.6) is 0 Å². The fourth-order valence-corrected chi connectivity index (χ4v) is 2.97. The second-order valence-corrected chi connectivity index (χ2v) is 6.43. The van der Waals surface area contributed by atoms with Crippen LogP contribution in [0.3, 0.4) is 0 Å². The lowest BCUT2D eigenvalue weighted by molar-refractivity contribution is 0.588. The molecule has 0 atom stereocenters. The minimum absolute atomic E-state index is 0.492. The minimum Gasteiger partial charge on any atom is -0.310 e. The molecule has 0 aliphatic rings. The third kappa shape index (κ3) is 4.06. The van der Waals surface area contributed by atoms with E-state index in [2.05, 4.69) is 63.4 Å². The fraction of sp³-hybridized carbons (Fsp3) is 0.385. The molecular formula is C13H17BrN4S. The van der Waals surface area contributed by atoms with Gasteiger partial charge in [0.25, 0.3) is 0 Å². The predicted molar refractivity (Wildman–Crippen MR) is 81.2 cm³/mol. The highest BCUT2D eigenvalue weighted by Gasteiger charge is 2.08. The van der Waals surface area contributed by atoms with E-state index in [1.807, 2.05) is 7.05 Å². The summed E-state index contributed by atoms with van der Waals surface area (Å²) < 4.78 is 2.86. The summed E-state index contributed by atoms with van der Waals surface area (Å²) in [5, 5.41) is 8.36. The van der Waals surface area contributed by atoms with Gasteiger partial charge in [-0.15, -0.1) is 0 Å². The lowest BCUT2D eigenvalue weighted by Crippen LogP contribution is -2.21. The van der Waals surface area contributed by atoms with Crippen LogP contribution in [0.1, 0.15) is 19.4 Å². The van der Waals surface area contributed by atoms with E-state index in [1.54, 1.807) is 22.8 Å². The first-order valence-electron chi connectivity index (χ1n) is 6.10. The minimum atomic E-state index is 0.492. The Balaban J connectivity index is 2.09. The van der Waals surface area contributed by atoms with Gasteiger partial charge in [-0.3, -0.25) is 0 Å². The highest BCUT2D eigenvalue weighted by Crippen LogP contribution is 2.32. The maximum atomic E-state index is 4.22. The first-order valence-corrected chi connectivity index (χ1v) is 7.71. The summed E-state index contributed by atoms with van der Waals surface area (Å²) in [4.78, 5) is 5.36. The van der Waals surface area contributed by atoms with Crippen molar-refractivity contribution in [3.05, 3.63) is 34.6 Å². The summed E-state index contributed by atoms with van der Waals surface area (Å²) in [6.45, 7) is 5.17. The van der Waals surface area contributed by atoms with E-state index < -0.39 is 0 Å². The summed E-state index contributed by atoms with van der Waals surface area (Å²) in [6.07, 6.45) is 1.57. The first kappa shape index (κ1) is 14.6. The van der Waals surface area contributed by atoms with Crippen molar-refractivity contribution < 1.29 is 0 Å². The van der Waals surface area contributed by atoms with Crippen LogP contribution in [0.15, 0.2) is 39.1 Å². The third-order valence-electron chi connectivity index (χ3n) is 2.58. The summed E-state index contributed by atoms with van der Waals surface area (Å²) in [5.74, 6) is 0. The molecule has 2 rings (SSSR count).